The summed E-state index contributed by atoms with van der Waals surface area (Å²) in [7, 11) is 1.88. The van der Waals surface area contributed by atoms with Gasteiger partial charge in [-0.05, 0) is 27.8 Å². The van der Waals surface area contributed by atoms with Gasteiger partial charge in [0.2, 0.25) is 0 Å². The molecule has 0 aliphatic carbocycles. The predicted molar refractivity (Wildman–Crippen MR) is 89.8 cm³/mol. The second-order valence-corrected chi connectivity index (χ2v) is 7.67. The van der Waals surface area contributed by atoms with Crippen LogP contribution in [-0.4, -0.2) is 39.0 Å². The molecule has 0 spiro atoms. The van der Waals surface area contributed by atoms with Gasteiger partial charge in [-0.1, -0.05) is 20.8 Å². The summed E-state index contributed by atoms with van der Waals surface area (Å²) in [6.07, 6.45) is 2.93. The SMILES string of the molecule is Cn1nc(Br)c2c(NC[C@H]3CCO[C@@H]3C(C)(C)C)ncnc21. The first-order chi connectivity index (χ1) is 10.4. The summed E-state index contributed by atoms with van der Waals surface area (Å²) in [6, 6.07) is 0. The molecule has 22 heavy (non-hydrogen) atoms. The van der Waals surface area contributed by atoms with Crippen molar-refractivity contribution in [1.82, 2.24) is 19.7 Å². The Hall–Kier alpha value is -1.21. The number of anilines is 1. The van der Waals surface area contributed by atoms with Crippen LogP contribution in [0.5, 0.6) is 0 Å². The highest BCUT2D eigenvalue weighted by Gasteiger charge is 2.37. The minimum absolute atomic E-state index is 0.152. The second-order valence-electron chi connectivity index (χ2n) is 6.92. The van der Waals surface area contributed by atoms with Crippen LogP contribution in [0.2, 0.25) is 0 Å². The van der Waals surface area contributed by atoms with Crippen molar-refractivity contribution < 1.29 is 4.74 Å². The number of fused-ring (bicyclic) bond motifs is 1. The van der Waals surface area contributed by atoms with Gasteiger partial charge in [0, 0.05) is 26.1 Å². The maximum Gasteiger partial charge on any atom is 0.164 e. The highest BCUT2D eigenvalue weighted by Crippen LogP contribution is 2.35. The Morgan fingerprint density at radius 1 is 1.41 bits per heavy atom. The van der Waals surface area contributed by atoms with Crippen molar-refractivity contribution >= 4 is 32.8 Å². The number of nitrogens with one attached hydrogen (secondary N) is 1. The van der Waals surface area contributed by atoms with Gasteiger partial charge in [0.25, 0.3) is 0 Å². The van der Waals surface area contributed by atoms with Gasteiger partial charge in [-0.2, -0.15) is 5.10 Å². The normalized spacial score (nSPS) is 22.4. The molecule has 2 aromatic heterocycles. The third kappa shape index (κ3) is 2.84. The quantitative estimate of drug-likeness (QED) is 0.902. The van der Waals surface area contributed by atoms with E-state index in [0.717, 1.165) is 41.0 Å². The molecule has 120 valence electrons. The summed E-state index contributed by atoms with van der Waals surface area (Å²) in [4.78, 5) is 8.67. The van der Waals surface area contributed by atoms with E-state index in [1.54, 1.807) is 11.0 Å². The average molecular weight is 368 g/mol. The molecule has 6 nitrogen and oxygen atoms in total. The van der Waals surface area contributed by atoms with Crippen LogP contribution in [0, 0.1) is 11.3 Å². The smallest absolute Gasteiger partial charge is 0.164 e. The minimum atomic E-state index is 0.152. The van der Waals surface area contributed by atoms with Gasteiger partial charge in [-0.3, -0.25) is 0 Å². The van der Waals surface area contributed by atoms with E-state index in [4.69, 9.17) is 4.74 Å². The topological polar surface area (TPSA) is 64.9 Å². The second kappa shape index (κ2) is 5.77. The van der Waals surface area contributed by atoms with E-state index in [0.29, 0.717) is 5.92 Å². The number of aryl methyl sites for hydroxylation is 1. The lowest BCUT2D eigenvalue weighted by atomic mass is 9.81. The van der Waals surface area contributed by atoms with E-state index in [9.17, 15) is 0 Å². The number of nitrogens with zero attached hydrogens (tertiary/aromatic N) is 4. The molecule has 1 N–H and O–H groups in total. The Morgan fingerprint density at radius 2 is 2.18 bits per heavy atom. The van der Waals surface area contributed by atoms with Crippen LogP contribution < -0.4 is 5.32 Å². The first-order valence-electron chi connectivity index (χ1n) is 7.56. The van der Waals surface area contributed by atoms with E-state index in [1.165, 1.54) is 0 Å². The van der Waals surface area contributed by atoms with Crippen LogP contribution in [-0.2, 0) is 11.8 Å². The number of ether oxygens (including phenoxy) is 1. The van der Waals surface area contributed by atoms with E-state index in [-0.39, 0.29) is 11.5 Å². The third-order valence-corrected chi connectivity index (χ3v) is 4.73. The largest absolute Gasteiger partial charge is 0.377 e. The molecule has 0 radical (unpaired) electrons. The molecule has 2 aromatic rings. The molecule has 1 fully saturated rings. The van der Waals surface area contributed by atoms with Crippen molar-refractivity contribution in [2.75, 3.05) is 18.5 Å². The molecule has 3 heterocycles. The van der Waals surface area contributed by atoms with E-state index < -0.39 is 0 Å². The van der Waals surface area contributed by atoms with Crippen molar-refractivity contribution in [3.05, 3.63) is 10.9 Å². The average Bonchev–Trinajstić information content (AvgIpc) is 3.02. The molecule has 2 atom stereocenters. The lowest BCUT2D eigenvalue weighted by Crippen LogP contribution is -2.34. The summed E-state index contributed by atoms with van der Waals surface area (Å²) in [5.74, 6) is 1.31. The lowest BCUT2D eigenvalue weighted by Gasteiger charge is -2.31. The lowest BCUT2D eigenvalue weighted by molar-refractivity contribution is 0.00956. The Labute approximate surface area is 138 Å². The molecular weight excluding hydrogens is 346 g/mol. The number of hydrogen-bond donors (Lipinski definition) is 1. The molecule has 0 unspecified atom stereocenters. The highest BCUT2D eigenvalue weighted by atomic mass is 79.9. The fourth-order valence-corrected chi connectivity index (χ4v) is 3.81. The van der Waals surface area contributed by atoms with Crippen LogP contribution in [0.15, 0.2) is 10.9 Å². The molecule has 0 saturated carbocycles. The van der Waals surface area contributed by atoms with Gasteiger partial charge in [-0.15, -0.1) is 0 Å². The van der Waals surface area contributed by atoms with Crippen molar-refractivity contribution in [1.29, 1.82) is 0 Å². The van der Waals surface area contributed by atoms with Gasteiger partial charge in [0.05, 0.1) is 11.5 Å². The molecular formula is C15H22BrN5O. The number of halogens is 1. The molecule has 1 aliphatic heterocycles. The maximum absolute atomic E-state index is 5.94. The maximum atomic E-state index is 5.94. The van der Waals surface area contributed by atoms with Gasteiger partial charge in [0.15, 0.2) is 5.65 Å². The van der Waals surface area contributed by atoms with Crippen LogP contribution in [0.3, 0.4) is 0 Å². The minimum Gasteiger partial charge on any atom is -0.377 e. The number of aromatic nitrogens is 4. The third-order valence-electron chi connectivity index (χ3n) is 4.18. The number of hydrogen-bond acceptors (Lipinski definition) is 5. The molecule has 1 saturated heterocycles. The number of rotatable bonds is 3. The zero-order chi connectivity index (χ0) is 15.9. The van der Waals surface area contributed by atoms with Gasteiger partial charge in [0.1, 0.15) is 16.7 Å². The highest BCUT2D eigenvalue weighted by molar-refractivity contribution is 9.10. The Balaban J connectivity index is 1.80. The Kier molecular flexibility index (Phi) is 4.11. The van der Waals surface area contributed by atoms with Crippen molar-refractivity contribution in [3.8, 4) is 0 Å². The van der Waals surface area contributed by atoms with Gasteiger partial charge in [-0.25, -0.2) is 14.6 Å². The standard InChI is InChI=1S/C15H22BrN5O/c1-15(2,3)11-9(5-6-22-11)7-17-13-10-12(16)20-21(4)14(10)19-8-18-13/h8-9,11H,5-7H2,1-4H3,(H,17,18,19)/t9-,11+/m1/s1. The summed E-state index contributed by atoms with van der Waals surface area (Å²) in [6.45, 7) is 8.38. The molecule has 0 amide bonds. The van der Waals surface area contributed by atoms with Gasteiger partial charge >= 0.3 is 0 Å². The van der Waals surface area contributed by atoms with Crippen molar-refractivity contribution in [2.24, 2.45) is 18.4 Å². The van der Waals surface area contributed by atoms with Crippen molar-refractivity contribution in [3.63, 3.8) is 0 Å². The molecule has 7 heteroatoms. The fourth-order valence-electron chi connectivity index (χ4n) is 3.20. The summed E-state index contributed by atoms with van der Waals surface area (Å²) >= 11 is 3.49. The first-order valence-corrected chi connectivity index (χ1v) is 8.36. The zero-order valence-electron chi connectivity index (χ0n) is 13.4. The first kappa shape index (κ1) is 15.7. The van der Waals surface area contributed by atoms with Crippen molar-refractivity contribution in [2.45, 2.75) is 33.3 Å². The van der Waals surface area contributed by atoms with Crippen LogP contribution in [0.4, 0.5) is 5.82 Å². The molecule has 1 aliphatic rings. The molecule has 3 rings (SSSR count). The van der Waals surface area contributed by atoms with Crippen LogP contribution >= 0.6 is 15.9 Å². The molecule has 0 aromatic carbocycles. The summed E-state index contributed by atoms with van der Waals surface area (Å²) < 4.78 is 8.45. The van der Waals surface area contributed by atoms with E-state index in [2.05, 4.69) is 57.1 Å². The van der Waals surface area contributed by atoms with Gasteiger partial charge < -0.3 is 10.1 Å². The predicted octanol–water partition coefficient (Wildman–Crippen LogP) is 2.99. The Morgan fingerprint density at radius 3 is 2.91 bits per heavy atom. The van der Waals surface area contributed by atoms with Crippen LogP contribution in [0.25, 0.3) is 11.0 Å². The summed E-state index contributed by atoms with van der Waals surface area (Å²) in [5.41, 5.74) is 0.970. The fraction of sp³-hybridized carbons (Fsp3) is 0.667. The Bertz CT molecular complexity index is 678. The van der Waals surface area contributed by atoms with Crippen LogP contribution in [0.1, 0.15) is 27.2 Å². The molecule has 0 bridgehead atoms. The monoisotopic (exact) mass is 367 g/mol. The van der Waals surface area contributed by atoms with E-state index in [1.807, 2.05) is 7.05 Å². The van der Waals surface area contributed by atoms with E-state index >= 15 is 0 Å². The summed E-state index contributed by atoms with van der Waals surface area (Å²) in [5, 5.41) is 8.75. The zero-order valence-corrected chi connectivity index (χ0v) is 15.0.